The van der Waals surface area contributed by atoms with Gasteiger partial charge in [0.25, 0.3) is 0 Å². The summed E-state index contributed by atoms with van der Waals surface area (Å²) in [6.07, 6.45) is 0.326. The van der Waals surface area contributed by atoms with Crippen molar-refractivity contribution < 1.29 is 9.47 Å². The third-order valence-electron chi connectivity index (χ3n) is 2.66. The molecular weight excluding hydrogens is 240 g/mol. The summed E-state index contributed by atoms with van der Waals surface area (Å²) in [5.74, 6) is 1.35. The summed E-state index contributed by atoms with van der Waals surface area (Å²) in [7, 11) is 0. The van der Waals surface area contributed by atoms with Crippen LogP contribution in [0.4, 0.5) is 11.4 Å². The molecule has 0 fully saturated rings. The lowest BCUT2D eigenvalue weighted by molar-refractivity contribution is 0.00389. The summed E-state index contributed by atoms with van der Waals surface area (Å²) < 4.78 is 11.5. The third-order valence-corrected chi connectivity index (χ3v) is 2.66. The van der Waals surface area contributed by atoms with Crippen LogP contribution in [-0.2, 0) is 0 Å². The summed E-state index contributed by atoms with van der Waals surface area (Å²) >= 11 is 0. The van der Waals surface area contributed by atoms with Crippen LogP contribution < -0.4 is 20.9 Å². The van der Waals surface area contributed by atoms with E-state index in [0.29, 0.717) is 23.5 Å². The fourth-order valence-electron chi connectivity index (χ4n) is 1.62. The van der Waals surface area contributed by atoms with E-state index in [2.05, 4.69) is 0 Å². The highest BCUT2D eigenvalue weighted by Gasteiger charge is 2.11. The summed E-state index contributed by atoms with van der Waals surface area (Å²) in [5, 5.41) is 0. The molecule has 0 aliphatic heterocycles. The highest BCUT2D eigenvalue weighted by Crippen LogP contribution is 2.23. The summed E-state index contributed by atoms with van der Waals surface area (Å²) in [6, 6.07) is 14.6. The van der Waals surface area contributed by atoms with Gasteiger partial charge in [-0.2, -0.15) is 0 Å². The minimum Gasteiger partial charge on any atom is -0.455 e. The van der Waals surface area contributed by atoms with E-state index in [9.17, 15) is 0 Å². The highest BCUT2D eigenvalue weighted by molar-refractivity contribution is 5.51. The third kappa shape index (κ3) is 3.55. The zero-order valence-corrected chi connectivity index (χ0v) is 10.9. The topological polar surface area (TPSA) is 70.5 Å². The van der Waals surface area contributed by atoms with Crippen molar-refractivity contribution in [2.45, 2.75) is 19.6 Å². The van der Waals surface area contributed by atoms with Gasteiger partial charge in [0, 0.05) is 12.1 Å². The van der Waals surface area contributed by atoms with Crippen LogP contribution in [0.25, 0.3) is 0 Å². The molecule has 2 aromatic rings. The van der Waals surface area contributed by atoms with Gasteiger partial charge in [-0.15, -0.1) is 0 Å². The van der Waals surface area contributed by atoms with Crippen molar-refractivity contribution in [3.05, 3.63) is 48.5 Å². The van der Waals surface area contributed by atoms with Gasteiger partial charge in [0.2, 0.25) is 6.29 Å². The molecule has 2 rings (SSSR count). The van der Waals surface area contributed by atoms with Crippen molar-refractivity contribution >= 4 is 11.4 Å². The number of hydrogen-bond donors (Lipinski definition) is 2. The Labute approximate surface area is 112 Å². The van der Waals surface area contributed by atoms with Gasteiger partial charge in [0.15, 0.2) is 0 Å². The molecule has 0 saturated heterocycles. The molecule has 4 N–H and O–H groups in total. The minimum atomic E-state index is -0.381. The van der Waals surface area contributed by atoms with E-state index in [1.54, 1.807) is 18.2 Å². The fraction of sp³-hybridized carbons (Fsp3) is 0.200. The lowest BCUT2D eigenvalue weighted by atomic mass is 10.3. The van der Waals surface area contributed by atoms with E-state index in [0.717, 1.165) is 5.75 Å². The molecule has 2 aromatic carbocycles. The predicted molar refractivity (Wildman–Crippen MR) is 77.0 cm³/mol. The van der Waals surface area contributed by atoms with E-state index < -0.39 is 0 Å². The number of anilines is 2. The Hall–Kier alpha value is -2.36. The molecule has 1 unspecified atom stereocenters. The molecule has 0 bridgehead atoms. The second kappa shape index (κ2) is 6.00. The highest BCUT2D eigenvalue weighted by atomic mass is 16.7. The number of nitrogens with two attached hydrogens (primary N) is 2. The van der Waals surface area contributed by atoms with Gasteiger partial charge >= 0.3 is 0 Å². The Bertz CT molecular complexity index is 526. The monoisotopic (exact) mass is 258 g/mol. The van der Waals surface area contributed by atoms with Crippen LogP contribution in [0.5, 0.6) is 11.5 Å². The van der Waals surface area contributed by atoms with Gasteiger partial charge in [-0.1, -0.05) is 19.1 Å². The standard InChI is InChI=1S/C15H18N2O2/c1-2-15(18-12-9-7-11(16)8-10-12)19-14-6-4-3-5-13(14)17/h3-10,15H,2,16-17H2,1H3. The van der Waals surface area contributed by atoms with Crippen LogP contribution in [0.2, 0.25) is 0 Å². The molecular formula is C15H18N2O2. The lowest BCUT2D eigenvalue weighted by Gasteiger charge is -2.20. The van der Waals surface area contributed by atoms with Gasteiger partial charge in [0.1, 0.15) is 11.5 Å². The number of ether oxygens (including phenoxy) is 2. The predicted octanol–water partition coefficient (Wildman–Crippen LogP) is 3.04. The molecule has 4 heteroatoms. The number of benzene rings is 2. The van der Waals surface area contributed by atoms with Crippen molar-refractivity contribution in [1.82, 2.24) is 0 Å². The molecule has 0 spiro atoms. The molecule has 0 saturated carbocycles. The molecule has 19 heavy (non-hydrogen) atoms. The molecule has 0 amide bonds. The molecule has 0 aliphatic carbocycles. The van der Waals surface area contributed by atoms with Crippen molar-refractivity contribution in [3.63, 3.8) is 0 Å². The van der Waals surface area contributed by atoms with E-state index in [1.165, 1.54) is 0 Å². The molecule has 0 aliphatic rings. The van der Waals surface area contributed by atoms with Crippen LogP contribution in [-0.4, -0.2) is 6.29 Å². The SMILES string of the molecule is CCC(Oc1ccc(N)cc1)Oc1ccccc1N. The van der Waals surface area contributed by atoms with Crippen molar-refractivity contribution in [2.75, 3.05) is 11.5 Å². The van der Waals surface area contributed by atoms with Gasteiger partial charge in [-0.25, -0.2) is 0 Å². The average molecular weight is 258 g/mol. The van der Waals surface area contributed by atoms with Crippen molar-refractivity contribution in [3.8, 4) is 11.5 Å². The second-order valence-corrected chi connectivity index (χ2v) is 4.18. The maximum atomic E-state index is 5.84. The Kier molecular flexibility index (Phi) is 4.13. The number of nitrogen functional groups attached to an aromatic ring is 2. The Morgan fingerprint density at radius 3 is 2.26 bits per heavy atom. The molecule has 4 nitrogen and oxygen atoms in total. The van der Waals surface area contributed by atoms with Gasteiger partial charge in [-0.05, 0) is 36.4 Å². The maximum absolute atomic E-state index is 5.84. The second-order valence-electron chi connectivity index (χ2n) is 4.18. The Balaban J connectivity index is 2.05. The van der Waals surface area contributed by atoms with Crippen LogP contribution in [0.15, 0.2) is 48.5 Å². The minimum absolute atomic E-state index is 0.381. The van der Waals surface area contributed by atoms with Crippen molar-refractivity contribution in [1.29, 1.82) is 0 Å². The Morgan fingerprint density at radius 1 is 0.947 bits per heavy atom. The van der Waals surface area contributed by atoms with E-state index in [4.69, 9.17) is 20.9 Å². The van der Waals surface area contributed by atoms with E-state index in [-0.39, 0.29) is 6.29 Å². The van der Waals surface area contributed by atoms with Gasteiger partial charge < -0.3 is 20.9 Å². The quantitative estimate of drug-likeness (QED) is 0.638. The molecule has 1 atom stereocenters. The fourth-order valence-corrected chi connectivity index (χ4v) is 1.62. The van der Waals surface area contributed by atoms with Crippen LogP contribution in [0.3, 0.4) is 0 Å². The van der Waals surface area contributed by atoms with Gasteiger partial charge in [0.05, 0.1) is 5.69 Å². The number of hydrogen-bond acceptors (Lipinski definition) is 4. The summed E-state index contributed by atoms with van der Waals surface area (Å²) in [4.78, 5) is 0. The number of rotatable bonds is 5. The first kappa shape index (κ1) is 13.1. The molecule has 0 radical (unpaired) electrons. The van der Waals surface area contributed by atoms with Gasteiger partial charge in [-0.3, -0.25) is 0 Å². The van der Waals surface area contributed by atoms with E-state index >= 15 is 0 Å². The van der Waals surface area contributed by atoms with E-state index in [1.807, 2.05) is 37.3 Å². The van der Waals surface area contributed by atoms with Crippen molar-refractivity contribution in [2.24, 2.45) is 0 Å². The first-order valence-corrected chi connectivity index (χ1v) is 6.22. The first-order chi connectivity index (χ1) is 9.19. The summed E-state index contributed by atoms with van der Waals surface area (Å²) in [5.41, 5.74) is 12.8. The molecule has 0 aromatic heterocycles. The first-order valence-electron chi connectivity index (χ1n) is 6.22. The maximum Gasteiger partial charge on any atom is 0.241 e. The summed E-state index contributed by atoms with van der Waals surface area (Å²) in [6.45, 7) is 1.99. The zero-order chi connectivity index (χ0) is 13.7. The number of para-hydroxylation sites is 2. The van der Waals surface area contributed by atoms with Crippen LogP contribution >= 0.6 is 0 Å². The molecule has 100 valence electrons. The Morgan fingerprint density at radius 2 is 1.63 bits per heavy atom. The normalized spacial score (nSPS) is 11.8. The largest absolute Gasteiger partial charge is 0.455 e. The van der Waals surface area contributed by atoms with Crippen LogP contribution in [0, 0.1) is 0 Å². The van der Waals surface area contributed by atoms with Crippen LogP contribution in [0.1, 0.15) is 13.3 Å². The molecule has 0 heterocycles. The smallest absolute Gasteiger partial charge is 0.241 e. The average Bonchev–Trinajstić information content (AvgIpc) is 2.43. The lowest BCUT2D eigenvalue weighted by Crippen LogP contribution is -2.23. The zero-order valence-electron chi connectivity index (χ0n) is 10.9.